The smallest absolute Gasteiger partial charge is 0.258 e. The molecule has 1 fully saturated rings. The van der Waals surface area contributed by atoms with Gasteiger partial charge in [0.05, 0.1) is 17.9 Å². The molecule has 1 aliphatic carbocycles. The molecule has 180 valence electrons. The SMILES string of the molecule is CC(C)N(C(=O)c1cc(F)ccc1Oc1cncnc1N(C)CC1CC(N)CC1O)C(C)C. The van der Waals surface area contributed by atoms with E-state index in [4.69, 9.17) is 10.5 Å². The van der Waals surface area contributed by atoms with Gasteiger partial charge < -0.3 is 25.4 Å². The first kappa shape index (κ1) is 24.9. The number of carbonyl (C=O) groups is 1. The number of aliphatic hydroxyl groups is 1. The lowest BCUT2D eigenvalue weighted by atomic mass is 10.1. The molecule has 1 heterocycles. The lowest BCUT2D eigenvalue weighted by Gasteiger charge is -2.31. The summed E-state index contributed by atoms with van der Waals surface area (Å²) in [7, 11) is 1.85. The normalized spacial score (nSPS) is 20.4. The van der Waals surface area contributed by atoms with Crippen molar-refractivity contribution in [3.05, 3.63) is 42.1 Å². The molecule has 0 radical (unpaired) electrons. The number of benzene rings is 1. The van der Waals surface area contributed by atoms with Crippen molar-refractivity contribution in [3.8, 4) is 11.5 Å². The van der Waals surface area contributed by atoms with Gasteiger partial charge in [0.1, 0.15) is 17.9 Å². The molecule has 1 aromatic carbocycles. The predicted molar refractivity (Wildman–Crippen MR) is 125 cm³/mol. The number of ether oxygens (including phenoxy) is 1. The van der Waals surface area contributed by atoms with Gasteiger partial charge in [-0.05, 0) is 58.7 Å². The second-order valence-electron chi connectivity index (χ2n) is 9.29. The molecule has 0 spiro atoms. The number of rotatable bonds is 8. The Balaban J connectivity index is 1.90. The fraction of sp³-hybridized carbons (Fsp3) is 0.542. The summed E-state index contributed by atoms with van der Waals surface area (Å²) in [6.07, 6.45) is 3.76. The molecule has 9 heteroatoms. The van der Waals surface area contributed by atoms with Crippen LogP contribution in [0.2, 0.25) is 0 Å². The minimum absolute atomic E-state index is 0.0152. The Morgan fingerprint density at radius 3 is 2.55 bits per heavy atom. The summed E-state index contributed by atoms with van der Waals surface area (Å²) in [5, 5.41) is 10.3. The van der Waals surface area contributed by atoms with Gasteiger partial charge >= 0.3 is 0 Å². The first-order chi connectivity index (χ1) is 15.6. The summed E-state index contributed by atoms with van der Waals surface area (Å²) in [6.45, 7) is 8.20. The van der Waals surface area contributed by atoms with Gasteiger partial charge in [0, 0.05) is 37.6 Å². The van der Waals surface area contributed by atoms with Crippen LogP contribution in [0, 0.1) is 11.7 Å². The Labute approximate surface area is 194 Å². The zero-order valence-electron chi connectivity index (χ0n) is 19.9. The molecule has 1 amide bonds. The molecule has 0 saturated heterocycles. The topological polar surface area (TPSA) is 105 Å². The van der Waals surface area contributed by atoms with E-state index in [9.17, 15) is 14.3 Å². The average Bonchev–Trinajstić information content (AvgIpc) is 3.05. The van der Waals surface area contributed by atoms with E-state index < -0.39 is 11.9 Å². The minimum Gasteiger partial charge on any atom is -0.451 e. The molecule has 33 heavy (non-hydrogen) atoms. The molecule has 0 bridgehead atoms. The number of nitrogens with zero attached hydrogens (tertiary/aromatic N) is 4. The summed E-state index contributed by atoms with van der Waals surface area (Å²) < 4.78 is 20.2. The quantitative estimate of drug-likeness (QED) is 0.625. The maximum absolute atomic E-state index is 14.1. The van der Waals surface area contributed by atoms with Gasteiger partial charge in [0.2, 0.25) is 0 Å². The highest BCUT2D eigenvalue weighted by Gasteiger charge is 2.32. The molecule has 0 aliphatic heterocycles. The molecular weight excluding hydrogens is 425 g/mol. The van der Waals surface area contributed by atoms with Crippen molar-refractivity contribution < 1.29 is 19.0 Å². The third kappa shape index (κ3) is 5.78. The summed E-state index contributed by atoms with van der Waals surface area (Å²) in [5.74, 6) is 0.236. The molecule has 3 atom stereocenters. The van der Waals surface area contributed by atoms with Gasteiger partial charge in [0.15, 0.2) is 11.6 Å². The Bertz CT molecular complexity index is 963. The highest BCUT2D eigenvalue weighted by molar-refractivity contribution is 5.97. The lowest BCUT2D eigenvalue weighted by Crippen LogP contribution is -2.42. The monoisotopic (exact) mass is 459 g/mol. The summed E-state index contributed by atoms with van der Waals surface area (Å²) in [6, 6.07) is 3.73. The number of anilines is 1. The van der Waals surface area contributed by atoms with Gasteiger partial charge in [-0.15, -0.1) is 0 Å². The Hall–Kier alpha value is -2.78. The van der Waals surface area contributed by atoms with Gasteiger partial charge in [0.25, 0.3) is 5.91 Å². The van der Waals surface area contributed by atoms with Crippen LogP contribution in [0.15, 0.2) is 30.7 Å². The number of hydrogen-bond acceptors (Lipinski definition) is 7. The van der Waals surface area contributed by atoms with Crippen LogP contribution in [0.3, 0.4) is 0 Å². The molecular formula is C24H34FN5O3. The number of nitrogens with two attached hydrogens (primary N) is 1. The third-order valence-corrected chi connectivity index (χ3v) is 5.96. The van der Waals surface area contributed by atoms with Crippen LogP contribution in [0.4, 0.5) is 10.2 Å². The zero-order valence-corrected chi connectivity index (χ0v) is 19.9. The number of aliphatic hydroxyl groups excluding tert-OH is 1. The fourth-order valence-electron chi connectivity index (χ4n) is 4.53. The van der Waals surface area contributed by atoms with Crippen molar-refractivity contribution in [2.75, 3.05) is 18.5 Å². The van der Waals surface area contributed by atoms with Crippen molar-refractivity contribution in [2.24, 2.45) is 11.7 Å². The highest BCUT2D eigenvalue weighted by atomic mass is 19.1. The standard InChI is InChI=1S/C24H34FN5O3/c1-14(2)30(15(3)4)24(32)19-9-17(25)6-7-21(19)33-22-11-27-13-28-23(22)29(5)12-16-8-18(26)10-20(16)31/h6-7,9,11,13-16,18,20,31H,8,10,12,26H2,1-5H3. The second kappa shape index (κ2) is 10.4. The largest absolute Gasteiger partial charge is 0.451 e. The Morgan fingerprint density at radius 1 is 1.24 bits per heavy atom. The van der Waals surface area contributed by atoms with E-state index in [0.717, 1.165) is 6.42 Å². The maximum atomic E-state index is 14.1. The van der Waals surface area contributed by atoms with Gasteiger partial charge in [-0.3, -0.25) is 4.79 Å². The van der Waals surface area contributed by atoms with Crippen molar-refractivity contribution in [1.82, 2.24) is 14.9 Å². The molecule has 3 unspecified atom stereocenters. The number of carbonyl (C=O) groups excluding carboxylic acids is 1. The predicted octanol–water partition coefficient (Wildman–Crippen LogP) is 3.20. The number of amides is 1. The second-order valence-corrected chi connectivity index (χ2v) is 9.29. The molecule has 3 rings (SSSR count). The first-order valence-electron chi connectivity index (χ1n) is 11.3. The van der Waals surface area contributed by atoms with Crippen molar-refractivity contribution in [2.45, 2.75) is 64.8 Å². The fourth-order valence-corrected chi connectivity index (χ4v) is 4.53. The van der Waals surface area contributed by atoms with Crippen molar-refractivity contribution in [1.29, 1.82) is 0 Å². The molecule has 3 N–H and O–H groups in total. The van der Waals surface area contributed by atoms with Crippen LogP contribution in [0.5, 0.6) is 11.5 Å². The lowest BCUT2D eigenvalue weighted by molar-refractivity contribution is 0.0640. The van der Waals surface area contributed by atoms with Gasteiger partial charge in [-0.1, -0.05) is 0 Å². The molecule has 8 nitrogen and oxygen atoms in total. The van der Waals surface area contributed by atoms with Crippen LogP contribution >= 0.6 is 0 Å². The average molecular weight is 460 g/mol. The van der Waals surface area contributed by atoms with Crippen LogP contribution in [0.1, 0.15) is 50.9 Å². The van der Waals surface area contributed by atoms with E-state index in [1.54, 1.807) is 4.90 Å². The van der Waals surface area contributed by atoms with E-state index >= 15 is 0 Å². The summed E-state index contributed by atoms with van der Waals surface area (Å²) >= 11 is 0. The van der Waals surface area contributed by atoms with E-state index in [2.05, 4.69) is 9.97 Å². The number of aromatic nitrogens is 2. The van der Waals surface area contributed by atoms with Gasteiger partial charge in [-0.25, -0.2) is 14.4 Å². The summed E-state index contributed by atoms with van der Waals surface area (Å²) in [4.78, 5) is 25.3. The molecule has 1 saturated carbocycles. The number of halogens is 1. The minimum atomic E-state index is -0.522. The molecule has 1 aromatic heterocycles. The van der Waals surface area contributed by atoms with Crippen LogP contribution in [-0.2, 0) is 0 Å². The molecule has 1 aliphatic rings. The number of hydrogen-bond donors (Lipinski definition) is 2. The van der Waals surface area contributed by atoms with E-state index in [1.807, 2.05) is 39.6 Å². The zero-order chi connectivity index (χ0) is 24.3. The van der Waals surface area contributed by atoms with E-state index in [0.29, 0.717) is 24.5 Å². The van der Waals surface area contributed by atoms with Crippen LogP contribution in [-0.4, -0.2) is 63.7 Å². The maximum Gasteiger partial charge on any atom is 0.258 e. The Morgan fingerprint density at radius 2 is 1.94 bits per heavy atom. The highest BCUT2D eigenvalue weighted by Crippen LogP contribution is 2.34. The Kier molecular flexibility index (Phi) is 7.86. The first-order valence-corrected chi connectivity index (χ1v) is 11.3. The third-order valence-electron chi connectivity index (χ3n) is 5.96. The van der Waals surface area contributed by atoms with Gasteiger partial charge in [-0.2, -0.15) is 0 Å². The van der Waals surface area contributed by atoms with Crippen molar-refractivity contribution in [3.63, 3.8) is 0 Å². The van der Waals surface area contributed by atoms with Crippen LogP contribution in [0.25, 0.3) is 0 Å². The van der Waals surface area contributed by atoms with Crippen molar-refractivity contribution >= 4 is 11.7 Å². The van der Waals surface area contributed by atoms with E-state index in [1.165, 1.54) is 30.7 Å². The van der Waals surface area contributed by atoms with E-state index in [-0.39, 0.29) is 41.3 Å². The molecule has 2 aromatic rings. The summed E-state index contributed by atoms with van der Waals surface area (Å²) in [5.41, 5.74) is 6.12. The van der Waals surface area contributed by atoms with Crippen LogP contribution < -0.4 is 15.4 Å².